The van der Waals surface area contributed by atoms with E-state index in [9.17, 15) is 4.79 Å². The number of ether oxygens (including phenoxy) is 1. The van der Waals surface area contributed by atoms with E-state index in [4.69, 9.17) is 27.9 Å². The summed E-state index contributed by atoms with van der Waals surface area (Å²) < 4.78 is 5.04. The highest BCUT2D eigenvalue weighted by atomic mass is 35.5. The highest BCUT2D eigenvalue weighted by Gasteiger charge is 2.17. The van der Waals surface area contributed by atoms with Gasteiger partial charge in [0.25, 0.3) is 0 Å². The summed E-state index contributed by atoms with van der Waals surface area (Å²) in [5, 5.41) is 0.770. The molecular formula is C10H10Cl2O2. The van der Waals surface area contributed by atoms with E-state index >= 15 is 0 Å². The van der Waals surface area contributed by atoms with Crippen molar-refractivity contribution in [3.8, 4) is 5.75 Å². The van der Waals surface area contributed by atoms with Gasteiger partial charge in [0, 0.05) is 6.42 Å². The maximum absolute atomic E-state index is 11.5. The Labute approximate surface area is 92.8 Å². The molecule has 0 aliphatic rings. The van der Waals surface area contributed by atoms with E-state index in [0.29, 0.717) is 27.8 Å². The van der Waals surface area contributed by atoms with Crippen LogP contribution in [0.3, 0.4) is 0 Å². The largest absolute Gasteiger partial charge is 0.494 e. The number of hydrogen-bond acceptors (Lipinski definition) is 2. The quantitative estimate of drug-likeness (QED) is 0.745. The summed E-state index contributed by atoms with van der Waals surface area (Å²) in [7, 11) is 1.46. The normalized spacial score (nSPS) is 10.0. The Morgan fingerprint density at radius 1 is 1.36 bits per heavy atom. The predicted molar refractivity (Wildman–Crippen MR) is 57.6 cm³/mol. The Balaban J connectivity index is 3.37. The molecule has 76 valence electrons. The van der Waals surface area contributed by atoms with Crippen molar-refractivity contribution in [1.82, 2.24) is 0 Å². The van der Waals surface area contributed by atoms with Crippen molar-refractivity contribution in [2.75, 3.05) is 7.11 Å². The fourth-order valence-corrected chi connectivity index (χ4v) is 1.66. The van der Waals surface area contributed by atoms with Crippen LogP contribution in [0.25, 0.3) is 0 Å². The Bertz CT molecular complexity index is 361. The third-order valence-corrected chi connectivity index (χ3v) is 2.48. The monoisotopic (exact) mass is 232 g/mol. The van der Waals surface area contributed by atoms with E-state index in [1.165, 1.54) is 7.11 Å². The maximum Gasteiger partial charge on any atom is 0.167 e. The second-order valence-electron chi connectivity index (χ2n) is 2.71. The van der Waals surface area contributed by atoms with Crippen molar-refractivity contribution < 1.29 is 9.53 Å². The minimum atomic E-state index is -0.0747. The van der Waals surface area contributed by atoms with Crippen LogP contribution in [0.1, 0.15) is 23.7 Å². The Kier molecular flexibility index (Phi) is 3.78. The van der Waals surface area contributed by atoms with E-state index in [1.807, 2.05) is 0 Å². The molecule has 0 spiro atoms. The lowest BCUT2D eigenvalue weighted by molar-refractivity contribution is 0.0985. The topological polar surface area (TPSA) is 26.3 Å². The third-order valence-electron chi connectivity index (χ3n) is 1.86. The lowest BCUT2D eigenvalue weighted by Gasteiger charge is -2.09. The second-order valence-corrected chi connectivity index (χ2v) is 3.53. The minimum Gasteiger partial charge on any atom is -0.494 e. The van der Waals surface area contributed by atoms with Gasteiger partial charge < -0.3 is 4.74 Å². The van der Waals surface area contributed by atoms with E-state index in [1.54, 1.807) is 19.1 Å². The summed E-state index contributed by atoms with van der Waals surface area (Å²) in [6.45, 7) is 1.76. The highest BCUT2D eigenvalue weighted by molar-refractivity contribution is 6.37. The molecule has 4 heteroatoms. The van der Waals surface area contributed by atoms with Gasteiger partial charge in [-0.2, -0.15) is 0 Å². The molecule has 0 N–H and O–H groups in total. The van der Waals surface area contributed by atoms with Gasteiger partial charge in [-0.3, -0.25) is 4.79 Å². The average molecular weight is 233 g/mol. The van der Waals surface area contributed by atoms with Gasteiger partial charge in [-0.05, 0) is 12.1 Å². The van der Waals surface area contributed by atoms with Crippen LogP contribution in [0.5, 0.6) is 5.75 Å². The maximum atomic E-state index is 11.5. The molecule has 1 rings (SSSR count). The standard InChI is InChI=1S/C10H10Cl2O2/c1-3-8(13)9-6(11)4-5-7(12)10(9)14-2/h4-5H,3H2,1-2H3. The molecule has 0 bridgehead atoms. The molecular weight excluding hydrogens is 223 g/mol. The molecule has 0 aliphatic heterocycles. The van der Waals surface area contributed by atoms with Gasteiger partial charge in [0.05, 0.1) is 22.7 Å². The van der Waals surface area contributed by atoms with Crippen molar-refractivity contribution in [3.05, 3.63) is 27.7 Å². The molecule has 0 aromatic heterocycles. The molecule has 2 nitrogen and oxygen atoms in total. The van der Waals surface area contributed by atoms with Crippen LogP contribution in [0, 0.1) is 0 Å². The first kappa shape index (κ1) is 11.3. The van der Waals surface area contributed by atoms with Crippen LogP contribution >= 0.6 is 23.2 Å². The summed E-state index contributed by atoms with van der Waals surface area (Å²) in [4.78, 5) is 11.5. The summed E-state index contributed by atoms with van der Waals surface area (Å²) in [5.41, 5.74) is 0.365. The van der Waals surface area contributed by atoms with Crippen molar-refractivity contribution in [3.63, 3.8) is 0 Å². The first-order chi connectivity index (χ1) is 6.61. The van der Waals surface area contributed by atoms with Gasteiger partial charge in [-0.1, -0.05) is 30.1 Å². The first-order valence-corrected chi connectivity index (χ1v) is 4.92. The number of benzene rings is 1. The highest BCUT2D eigenvalue weighted by Crippen LogP contribution is 2.34. The zero-order valence-corrected chi connectivity index (χ0v) is 9.45. The summed E-state index contributed by atoms with van der Waals surface area (Å²) in [5.74, 6) is 0.278. The van der Waals surface area contributed by atoms with Crippen LogP contribution in [0.15, 0.2) is 12.1 Å². The molecule has 0 saturated carbocycles. The SMILES string of the molecule is CCC(=O)c1c(Cl)ccc(Cl)c1OC. The van der Waals surface area contributed by atoms with Crippen molar-refractivity contribution in [2.45, 2.75) is 13.3 Å². The van der Waals surface area contributed by atoms with Crippen LogP contribution < -0.4 is 4.74 Å². The van der Waals surface area contributed by atoms with Crippen molar-refractivity contribution in [2.24, 2.45) is 0 Å². The summed E-state index contributed by atoms with van der Waals surface area (Å²) in [6, 6.07) is 3.20. The van der Waals surface area contributed by atoms with Gasteiger partial charge in [0.15, 0.2) is 5.78 Å². The third kappa shape index (κ3) is 2.02. The lowest BCUT2D eigenvalue weighted by atomic mass is 10.1. The zero-order valence-electron chi connectivity index (χ0n) is 7.93. The Morgan fingerprint density at radius 2 is 1.93 bits per heavy atom. The molecule has 0 saturated heterocycles. The number of Topliss-reactive ketones (excluding diaryl/α,β-unsaturated/α-hetero) is 1. The van der Waals surface area contributed by atoms with Crippen molar-refractivity contribution in [1.29, 1.82) is 0 Å². The molecule has 1 aromatic carbocycles. The van der Waals surface area contributed by atoms with Crippen LogP contribution in [0.2, 0.25) is 10.0 Å². The molecule has 0 fully saturated rings. The molecule has 0 heterocycles. The molecule has 1 aromatic rings. The number of hydrogen-bond donors (Lipinski definition) is 0. The number of methoxy groups -OCH3 is 1. The summed E-state index contributed by atoms with van der Waals surface area (Å²) in [6.07, 6.45) is 0.371. The molecule has 0 atom stereocenters. The van der Waals surface area contributed by atoms with Gasteiger partial charge in [-0.25, -0.2) is 0 Å². The smallest absolute Gasteiger partial charge is 0.167 e. The molecule has 0 aliphatic carbocycles. The number of halogens is 2. The Morgan fingerprint density at radius 3 is 2.43 bits per heavy atom. The predicted octanol–water partition coefficient (Wildman–Crippen LogP) is 3.59. The first-order valence-electron chi connectivity index (χ1n) is 4.17. The van der Waals surface area contributed by atoms with Gasteiger partial charge in [-0.15, -0.1) is 0 Å². The zero-order chi connectivity index (χ0) is 10.7. The van der Waals surface area contributed by atoms with E-state index in [2.05, 4.69) is 0 Å². The number of carbonyl (C=O) groups excluding carboxylic acids is 1. The van der Waals surface area contributed by atoms with Gasteiger partial charge in [0.2, 0.25) is 0 Å². The van der Waals surface area contributed by atoms with E-state index in [0.717, 1.165) is 0 Å². The molecule has 14 heavy (non-hydrogen) atoms. The summed E-state index contributed by atoms with van der Waals surface area (Å²) >= 11 is 11.8. The van der Waals surface area contributed by atoms with Crippen LogP contribution in [-0.4, -0.2) is 12.9 Å². The van der Waals surface area contributed by atoms with Crippen LogP contribution in [0.4, 0.5) is 0 Å². The van der Waals surface area contributed by atoms with Gasteiger partial charge >= 0.3 is 0 Å². The lowest BCUT2D eigenvalue weighted by Crippen LogP contribution is -2.02. The molecule has 0 radical (unpaired) electrons. The average Bonchev–Trinajstić information content (AvgIpc) is 2.19. The second kappa shape index (κ2) is 4.67. The minimum absolute atomic E-state index is 0.0747. The van der Waals surface area contributed by atoms with Crippen molar-refractivity contribution >= 4 is 29.0 Å². The number of ketones is 1. The Hall–Kier alpha value is -0.730. The number of rotatable bonds is 3. The molecule has 0 unspecified atom stereocenters. The number of carbonyl (C=O) groups is 1. The molecule has 0 amide bonds. The fourth-order valence-electron chi connectivity index (χ4n) is 1.17. The van der Waals surface area contributed by atoms with E-state index < -0.39 is 0 Å². The van der Waals surface area contributed by atoms with Gasteiger partial charge in [0.1, 0.15) is 5.75 Å². The fraction of sp³-hybridized carbons (Fsp3) is 0.300. The van der Waals surface area contributed by atoms with E-state index in [-0.39, 0.29) is 5.78 Å². The van der Waals surface area contributed by atoms with Crippen LogP contribution in [-0.2, 0) is 0 Å².